The summed E-state index contributed by atoms with van der Waals surface area (Å²) in [6.45, 7) is 2.48. The molecule has 33 heavy (non-hydrogen) atoms. The lowest BCUT2D eigenvalue weighted by atomic mass is 10.2. The van der Waals surface area contributed by atoms with E-state index in [0.717, 1.165) is 17.5 Å². The quantitative estimate of drug-likeness (QED) is 0.554. The summed E-state index contributed by atoms with van der Waals surface area (Å²) in [5.74, 6) is 1.12. The van der Waals surface area contributed by atoms with E-state index in [0.29, 0.717) is 48.5 Å². The predicted molar refractivity (Wildman–Crippen MR) is 129 cm³/mol. The van der Waals surface area contributed by atoms with Crippen LogP contribution in [0.5, 0.6) is 0 Å². The topological polar surface area (TPSA) is 72.9 Å². The van der Waals surface area contributed by atoms with Crippen molar-refractivity contribution in [3.8, 4) is 11.4 Å². The number of hydrogen-bond donors (Lipinski definition) is 0. The molecule has 8 nitrogen and oxygen atoms in total. The van der Waals surface area contributed by atoms with Crippen LogP contribution in [-0.4, -0.2) is 66.6 Å². The van der Waals surface area contributed by atoms with Crippen LogP contribution < -0.4 is 14.7 Å². The maximum Gasteiger partial charge on any atom is 0.326 e. The normalized spacial score (nSPS) is 17.8. The maximum absolute atomic E-state index is 13.5. The van der Waals surface area contributed by atoms with Crippen LogP contribution >= 0.6 is 11.6 Å². The van der Waals surface area contributed by atoms with Crippen molar-refractivity contribution < 1.29 is 9.59 Å². The Balaban J connectivity index is 1.36. The maximum atomic E-state index is 13.5. The summed E-state index contributed by atoms with van der Waals surface area (Å²) in [7, 11) is 1.77. The van der Waals surface area contributed by atoms with Crippen LogP contribution in [0.15, 0.2) is 60.8 Å². The first-order valence-corrected chi connectivity index (χ1v) is 11.1. The standard InChI is InChI=1S/C24H23ClN6O2/c1-28-21(16-32)31(20-15-26-22(27-23(20)28)17-5-3-2-4-6-17)24(33)30-13-11-29(12-14-30)19-9-7-18(25)8-10-19/h2-10,15-16,21H,11-14H2,1H3. The third kappa shape index (κ3) is 3.87. The minimum Gasteiger partial charge on any atom is -0.368 e. The van der Waals surface area contributed by atoms with Gasteiger partial charge in [0, 0.05) is 49.5 Å². The minimum absolute atomic E-state index is 0.218. The number of carbonyl (C=O) groups excluding carboxylic acids is 2. The number of halogens is 1. The lowest BCUT2D eigenvalue weighted by Crippen LogP contribution is -2.56. The molecular formula is C24H23ClN6O2. The van der Waals surface area contributed by atoms with Gasteiger partial charge in [-0.15, -0.1) is 0 Å². The largest absolute Gasteiger partial charge is 0.368 e. The molecule has 0 radical (unpaired) electrons. The van der Waals surface area contributed by atoms with Gasteiger partial charge in [0.2, 0.25) is 0 Å². The first-order valence-electron chi connectivity index (χ1n) is 10.8. The number of nitrogens with zero attached hydrogens (tertiary/aromatic N) is 6. The van der Waals surface area contributed by atoms with Gasteiger partial charge >= 0.3 is 6.03 Å². The smallest absolute Gasteiger partial charge is 0.326 e. The van der Waals surface area contributed by atoms with Crippen molar-refractivity contribution in [2.24, 2.45) is 0 Å². The van der Waals surface area contributed by atoms with Crippen molar-refractivity contribution in [3.63, 3.8) is 0 Å². The third-order valence-corrected chi connectivity index (χ3v) is 6.36. The molecule has 3 heterocycles. The van der Waals surface area contributed by atoms with Crippen molar-refractivity contribution in [1.82, 2.24) is 14.9 Å². The van der Waals surface area contributed by atoms with Crippen molar-refractivity contribution in [3.05, 3.63) is 65.8 Å². The Morgan fingerprint density at radius 2 is 1.73 bits per heavy atom. The van der Waals surface area contributed by atoms with E-state index in [1.807, 2.05) is 54.6 Å². The van der Waals surface area contributed by atoms with E-state index >= 15 is 0 Å². The highest BCUT2D eigenvalue weighted by molar-refractivity contribution is 6.30. The lowest BCUT2D eigenvalue weighted by Gasteiger charge is -2.38. The second-order valence-electron chi connectivity index (χ2n) is 8.03. The van der Waals surface area contributed by atoms with Crippen LogP contribution in [0.25, 0.3) is 11.4 Å². The number of aldehydes is 1. The fourth-order valence-corrected chi connectivity index (χ4v) is 4.42. The number of anilines is 3. The zero-order valence-electron chi connectivity index (χ0n) is 18.1. The molecule has 168 valence electrons. The van der Waals surface area contributed by atoms with Crippen LogP contribution in [0.4, 0.5) is 22.0 Å². The molecule has 0 spiro atoms. The molecule has 1 unspecified atom stereocenters. The second-order valence-corrected chi connectivity index (χ2v) is 8.47. The highest BCUT2D eigenvalue weighted by Crippen LogP contribution is 2.38. The molecule has 2 amide bonds. The Labute approximate surface area is 197 Å². The zero-order chi connectivity index (χ0) is 22.9. The number of piperazine rings is 1. The Kier molecular flexibility index (Phi) is 5.60. The van der Waals surface area contributed by atoms with E-state index < -0.39 is 6.17 Å². The molecule has 1 fully saturated rings. The predicted octanol–water partition coefficient (Wildman–Crippen LogP) is 3.52. The average molecular weight is 463 g/mol. The highest BCUT2D eigenvalue weighted by Gasteiger charge is 2.41. The van der Waals surface area contributed by atoms with Crippen molar-refractivity contribution >= 4 is 41.1 Å². The van der Waals surface area contributed by atoms with Gasteiger partial charge < -0.3 is 14.7 Å². The summed E-state index contributed by atoms with van der Waals surface area (Å²) < 4.78 is 0. The van der Waals surface area contributed by atoms with Crippen LogP contribution in [0.1, 0.15) is 0 Å². The van der Waals surface area contributed by atoms with E-state index in [1.54, 1.807) is 23.0 Å². The summed E-state index contributed by atoms with van der Waals surface area (Å²) in [5, 5.41) is 0.696. The lowest BCUT2D eigenvalue weighted by molar-refractivity contribution is -0.108. The average Bonchev–Trinajstić information content (AvgIpc) is 3.15. The fraction of sp³-hybridized carbons (Fsp3) is 0.250. The number of benzene rings is 2. The van der Waals surface area contributed by atoms with E-state index in [1.165, 1.54) is 4.90 Å². The number of amides is 2. The van der Waals surface area contributed by atoms with Crippen LogP contribution in [0, 0.1) is 0 Å². The summed E-state index contributed by atoms with van der Waals surface area (Å²) in [6, 6.07) is 17.1. The Morgan fingerprint density at radius 1 is 1.03 bits per heavy atom. The summed E-state index contributed by atoms with van der Waals surface area (Å²) in [4.78, 5) is 41.8. The number of urea groups is 1. The summed E-state index contributed by atoms with van der Waals surface area (Å²) >= 11 is 5.99. The van der Waals surface area contributed by atoms with Gasteiger partial charge in [-0.25, -0.2) is 14.8 Å². The summed E-state index contributed by atoms with van der Waals surface area (Å²) in [5.41, 5.74) is 2.49. The molecule has 0 saturated carbocycles. The molecule has 1 atom stereocenters. The Bertz CT molecular complexity index is 1170. The number of likely N-dealkylation sites (N-methyl/N-ethyl adjacent to an activating group) is 1. The van der Waals surface area contributed by atoms with Crippen LogP contribution in [0.2, 0.25) is 5.02 Å². The number of fused-ring (bicyclic) bond motifs is 1. The number of carbonyl (C=O) groups is 2. The molecule has 1 aromatic heterocycles. The van der Waals surface area contributed by atoms with Gasteiger partial charge in [0.05, 0.1) is 6.20 Å². The first-order chi connectivity index (χ1) is 16.1. The van der Waals surface area contributed by atoms with Gasteiger partial charge in [-0.1, -0.05) is 41.9 Å². The van der Waals surface area contributed by atoms with E-state index in [9.17, 15) is 9.59 Å². The van der Waals surface area contributed by atoms with Crippen molar-refractivity contribution in [2.75, 3.05) is 47.9 Å². The monoisotopic (exact) mass is 462 g/mol. The number of hydrogen-bond acceptors (Lipinski definition) is 6. The van der Waals surface area contributed by atoms with Gasteiger partial charge in [-0.3, -0.25) is 9.69 Å². The molecule has 5 rings (SSSR count). The second kappa shape index (κ2) is 8.71. The third-order valence-electron chi connectivity index (χ3n) is 6.11. The molecule has 9 heteroatoms. The molecular weight excluding hydrogens is 440 g/mol. The van der Waals surface area contributed by atoms with E-state index in [2.05, 4.69) is 14.9 Å². The van der Waals surface area contributed by atoms with Gasteiger partial charge in [-0.2, -0.15) is 0 Å². The van der Waals surface area contributed by atoms with Gasteiger partial charge in [-0.05, 0) is 24.3 Å². The molecule has 0 N–H and O–H groups in total. The van der Waals surface area contributed by atoms with Crippen LogP contribution in [-0.2, 0) is 4.79 Å². The molecule has 0 bridgehead atoms. The molecule has 1 saturated heterocycles. The van der Waals surface area contributed by atoms with Crippen LogP contribution in [0.3, 0.4) is 0 Å². The van der Waals surface area contributed by atoms with E-state index in [4.69, 9.17) is 11.6 Å². The molecule has 2 aliphatic rings. The van der Waals surface area contributed by atoms with Crippen molar-refractivity contribution in [2.45, 2.75) is 6.17 Å². The Morgan fingerprint density at radius 3 is 2.39 bits per heavy atom. The van der Waals surface area contributed by atoms with Gasteiger partial charge in [0.1, 0.15) is 5.69 Å². The zero-order valence-corrected chi connectivity index (χ0v) is 18.9. The van der Waals surface area contributed by atoms with Gasteiger partial charge in [0.15, 0.2) is 24.1 Å². The SMILES string of the molecule is CN1c2nc(-c3ccccc3)ncc2N(C(=O)N2CCN(c3ccc(Cl)cc3)CC2)C1C=O. The van der Waals surface area contributed by atoms with E-state index in [-0.39, 0.29) is 6.03 Å². The molecule has 3 aromatic rings. The highest BCUT2D eigenvalue weighted by atomic mass is 35.5. The molecule has 2 aromatic carbocycles. The molecule has 0 aliphatic carbocycles. The fourth-order valence-electron chi connectivity index (χ4n) is 4.29. The van der Waals surface area contributed by atoms with Crippen molar-refractivity contribution in [1.29, 1.82) is 0 Å². The number of aromatic nitrogens is 2. The molecule has 2 aliphatic heterocycles. The van der Waals surface area contributed by atoms with Gasteiger partial charge in [0.25, 0.3) is 0 Å². The summed E-state index contributed by atoms with van der Waals surface area (Å²) in [6.07, 6.45) is 1.64. The first kappa shape index (κ1) is 21.2. The Hall–Kier alpha value is -3.65. The number of rotatable bonds is 3. The minimum atomic E-state index is -0.762.